The average Bonchev–Trinajstić information content (AvgIpc) is 2.69. The Morgan fingerprint density at radius 2 is 1.89 bits per heavy atom. The Morgan fingerprint density at radius 1 is 1.19 bits per heavy atom. The number of hydrogen-bond acceptors (Lipinski definition) is 5. The van der Waals surface area contributed by atoms with E-state index in [0.29, 0.717) is 22.0 Å². The molecule has 1 aromatic carbocycles. The van der Waals surface area contributed by atoms with Crippen molar-refractivity contribution >= 4 is 28.9 Å². The van der Waals surface area contributed by atoms with Crippen LogP contribution in [0, 0.1) is 0 Å². The Kier molecular flexibility index (Phi) is 5.52. The molecule has 3 rings (SSSR count). The summed E-state index contributed by atoms with van der Waals surface area (Å²) in [7, 11) is 0. The molecule has 27 heavy (non-hydrogen) atoms. The highest BCUT2D eigenvalue weighted by Crippen LogP contribution is 2.20. The Hall–Kier alpha value is -3.19. The van der Waals surface area contributed by atoms with Crippen molar-refractivity contribution in [2.24, 2.45) is 0 Å². The van der Waals surface area contributed by atoms with Crippen LogP contribution in [0.1, 0.15) is 22.8 Å². The number of carbonyl (C=O) groups is 1. The van der Waals surface area contributed by atoms with Crippen LogP contribution in [0.15, 0.2) is 65.3 Å². The summed E-state index contributed by atoms with van der Waals surface area (Å²) >= 11 is 1.43. The van der Waals surface area contributed by atoms with Crippen LogP contribution in [0.4, 0.5) is 5.69 Å². The third kappa shape index (κ3) is 4.32. The number of aromatic nitrogens is 3. The van der Waals surface area contributed by atoms with Crippen molar-refractivity contribution in [1.29, 1.82) is 0 Å². The zero-order valence-corrected chi connectivity index (χ0v) is 15.8. The maximum Gasteiger partial charge on any atom is 0.271 e. The van der Waals surface area contributed by atoms with Crippen LogP contribution in [0.25, 0.3) is 16.8 Å². The Balaban J connectivity index is 1.87. The number of carbonyl (C=O) groups excluding carboxylic acids is 1. The predicted molar refractivity (Wildman–Crippen MR) is 109 cm³/mol. The quantitative estimate of drug-likeness (QED) is 0.520. The SMILES string of the molecule is C=C(C)c1ccc(C(=O)Nc2cc(-c3ccnc(SC)n3)c[nH]c2=O)cc1. The second-order valence-electron chi connectivity index (χ2n) is 5.87. The molecule has 0 atom stereocenters. The molecule has 0 unspecified atom stereocenters. The van der Waals surface area contributed by atoms with E-state index in [1.165, 1.54) is 11.8 Å². The first-order valence-electron chi connectivity index (χ1n) is 8.15. The molecule has 6 nitrogen and oxygen atoms in total. The molecule has 0 spiro atoms. The van der Waals surface area contributed by atoms with E-state index >= 15 is 0 Å². The van der Waals surface area contributed by atoms with Crippen molar-refractivity contribution in [3.63, 3.8) is 0 Å². The van der Waals surface area contributed by atoms with Gasteiger partial charge in [0, 0.05) is 23.5 Å². The number of nitrogens with zero attached hydrogens (tertiary/aromatic N) is 2. The van der Waals surface area contributed by atoms with E-state index < -0.39 is 0 Å². The fraction of sp³-hybridized carbons (Fsp3) is 0.100. The zero-order valence-electron chi connectivity index (χ0n) is 14.9. The lowest BCUT2D eigenvalue weighted by Crippen LogP contribution is -2.19. The summed E-state index contributed by atoms with van der Waals surface area (Å²) in [5.41, 5.74) is 3.44. The lowest BCUT2D eigenvalue weighted by molar-refractivity contribution is 0.102. The van der Waals surface area contributed by atoms with Gasteiger partial charge in [0.15, 0.2) is 5.16 Å². The molecule has 1 amide bonds. The first-order valence-corrected chi connectivity index (χ1v) is 9.38. The number of hydrogen-bond donors (Lipinski definition) is 2. The van der Waals surface area contributed by atoms with E-state index in [1.54, 1.807) is 36.7 Å². The third-order valence-electron chi connectivity index (χ3n) is 3.90. The van der Waals surface area contributed by atoms with Crippen LogP contribution in [0.3, 0.4) is 0 Å². The topological polar surface area (TPSA) is 87.7 Å². The van der Waals surface area contributed by atoms with Gasteiger partial charge in [-0.3, -0.25) is 9.59 Å². The molecule has 2 aromatic heterocycles. The van der Waals surface area contributed by atoms with Crippen molar-refractivity contribution in [1.82, 2.24) is 15.0 Å². The number of pyridine rings is 1. The van der Waals surface area contributed by atoms with E-state index in [0.717, 1.165) is 11.1 Å². The molecule has 2 N–H and O–H groups in total. The maximum absolute atomic E-state index is 12.5. The first kappa shape index (κ1) is 18.6. The molecular weight excluding hydrogens is 360 g/mol. The summed E-state index contributed by atoms with van der Waals surface area (Å²) in [5.74, 6) is -0.363. The van der Waals surface area contributed by atoms with Crippen molar-refractivity contribution in [3.8, 4) is 11.3 Å². The van der Waals surface area contributed by atoms with Gasteiger partial charge in [0.1, 0.15) is 5.69 Å². The van der Waals surface area contributed by atoms with Crippen LogP contribution in [0.5, 0.6) is 0 Å². The molecule has 0 fully saturated rings. The van der Waals surface area contributed by atoms with Gasteiger partial charge >= 0.3 is 0 Å². The van der Waals surface area contributed by atoms with E-state index in [1.807, 2.05) is 25.3 Å². The van der Waals surface area contributed by atoms with Crippen LogP contribution in [-0.4, -0.2) is 27.1 Å². The maximum atomic E-state index is 12.5. The van der Waals surface area contributed by atoms with Gasteiger partial charge < -0.3 is 10.3 Å². The van der Waals surface area contributed by atoms with Crippen LogP contribution in [0.2, 0.25) is 0 Å². The molecule has 0 aliphatic carbocycles. The first-order chi connectivity index (χ1) is 13.0. The molecule has 7 heteroatoms. The predicted octanol–water partition coefficient (Wildman–Crippen LogP) is 3.84. The van der Waals surface area contributed by atoms with Crippen molar-refractivity contribution in [2.75, 3.05) is 11.6 Å². The minimum atomic E-state index is -0.384. The third-order valence-corrected chi connectivity index (χ3v) is 4.46. The highest BCUT2D eigenvalue weighted by Gasteiger charge is 2.11. The van der Waals surface area contributed by atoms with E-state index in [4.69, 9.17) is 0 Å². The molecule has 0 aliphatic heterocycles. The van der Waals surface area contributed by atoms with Gasteiger partial charge in [0.2, 0.25) is 0 Å². The second-order valence-corrected chi connectivity index (χ2v) is 6.64. The Labute approximate surface area is 160 Å². The normalized spacial score (nSPS) is 10.4. The molecule has 0 radical (unpaired) electrons. The Bertz CT molecular complexity index is 1060. The summed E-state index contributed by atoms with van der Waals surface area (Å²) < 4.78 is 0. The van der Waals surface area contributed by atoms with Crippen LogP contribution in [-0.2, 0) is 0 Å². The summed E-state index contributed by atoms with van der Waals surface area (Å²) in [4.78, 5) is 35.8. The molecule has 0 saturated carbocycles. The van der Waals surface area contributed by atoms with Crippen molar-refractivity contribution in [2.45, 2.75) is 12.1 Å². The molecule has 0 aliphatic rings. The molecule has 0 saturated heterocycles. The summed E-state index contributed by atoms with van der Waals surface area (Å²) in [6.45, 7) is 5.77. The number of thioether (sulfide) groups is 1. The van der Waals surface area contributed by atoms with Gasteiger partial charge in [-0.05, 0) is 43.0 Å². The summed E-state index contributed by atoms with van der Waals surface area (Å²) in [6.07, 6.45) is 5.10. The minimum absolute atomic E-state index is 0.158. The molecule has 136 valence electrons. The fourth-order valence-electron chi connectivity index (χ4n) is 2.43. The molecule has 3 aromatic rings. The number of allylic oxidation sites excluding steroid dienone is 1. The fourth-order valence-corrected chi connectivity index (χ4v) is 2.78. The molecule has 2 heterocycles. The lowest BCUT2D eigenvalue weighted by atomic mass is 10.1. The van der Waals surface area contributed by atoms with Crippen molar-refractivity contribution in [3.05, 3.63) is 76.9 Å². The van der Waals surface area contributed by atoms with Crippen molar-refractivity contribution < 1.29 is 4.79 Å². The zero-order chi connectivity index (χ0) is 19.4. The largest absolute Gasteiger partial charge is 0.327 e. The number of amides is 1. The van der Waals surface area contributed by atoms with Gasteiger partial charge in [-0.1, -0.05) is 36.0 Å². The number of H-pyrrole nitrogens is 1. The van der Waals surface area contributed by atoms with Crippen LogP contribution < -0.4 is 10.9 Å². The monoisotopic (exact) mass is 378 g/mol. The van der Waals surface area contributed by atoms with E-state index in [2.05, 4.69) is 26.8 Å². The molecule has 0 bridgehead atoms. The van der Waals surface area contributed by atoms with Gasteiger partial charge in [-0.15, -0.1) is 0 Å². The molecular formula is C20H18N4O2S. The number of aromatic amines is 1. The number of rotatable bonds is 5. The average molecular weight is 378 g/mol. The number of anilines is 1. The van der Waals surface area contributed by atoms with E-state index in [9.17, 15) is 9.59 Å². The summed E-state index contributed by atoms with van der Waals surface area (Å²) in [5, 5.41) is 3.29. The number of benzene rings is 1. The van der Waals surface area contributed by atoms with Gasteiger partial charge in [-0.25, -0.2) is 9.97 Å². The standard InChI is InChI=1S/C20H18N4O2S/c1-12(2)13-4-6-14(7-5-13)18(25)23-17-10-15(11-22-19(17)26)16-8-9-21-20(24-16)27-3/h4-11H,1H2,2-3H3,(H,22,26)(H,23,25). The van der Waals surface area contributed by atoms with E-state index in [-0.39, 0.29) is 17.2 Å². The second kappa shape index (κ2) is 8.01. The van der Waals surface area contributed by atoms with Gasteiger partial charge in [-0.2, -0.15) is 0 Å². The summed E-state index contributed by atoms with van der Waals surface area (Å²) in [6, 6.07) is 10.4. The Morgan fingerprint density at radius 3 is 2.56 bits per heavy atom. The van der Waals surface area contributed by atoms with Gasteiger partial charge in [0.05, 0.1) is 5.69 Å². The van der Waals surface area contributed by atoms with Gasteiger partial charge in [0.25, 0.3) is 11.5 Å². The van der Waals surface area contributed by atoms with Crippen LogP contribution >= 0.6 is 11.8 Å². The minimum Gasteiger partial charge on any atom is -0.327 e. The highest BCUT2D eigenvalue weighted by molar-refractivity contribution is 7.98. The number of nitrogens with one attached hydrogen (secondary N) is 2. The smallest absolute Gasteiger partial charge is 0.271 e. The highest BCUT2D eigenvalue weighted by atomic mass is 32.2. The lowest BCUT2D eigenvalue weighted by Gasteiger charge is -2.08.